The van der Waals surface area contributed by atoms with E-state index in [1.807, 2.05) is 0 Å². The Morgan fingerprint density at radius 3 is 0.375 bits per heavy atom. The molecule has 0 heterocycles. The molecule has 0 unspecified atom stereocenters. The normalized spacial score (nSPS) is 11.2. The number of hydrogen-bond acceptors (Lipinski definition) is 0. The van der Waals surface area contributed by atoms with Crippen molar-refractivity contribution in [2.45, 2.75) is 0 Å². The second-order valence-corrected chi connectivity index (χ2v) is 8.80. The molecule has 4 aromatic rings. The van der Waals surface area contributed by atoms with Crippen molar-refractivity contribution in [2.24, 2.45) is 0 Å². The Kier molecular flexibility index (Phi) is 13.2. The monoisotopic (exact) mass is 772 g/mol. The number of rotatable bonds is 4. The summed E-state index contributed by atoms with van der Waals surface area (Å²) in [5.74, 6) is -71.4. The minimum absolute atomic E-state index is 0. The third-order valence-electron chi connectivity index (χ3n) is 6.71. The van der Waals surface area contributed by atoms with E-state index in [9.17, 15) is 52.7 Å². The molecule has 0 radical (unpaired) electrons. The Balaban J connectivity index is 0.00000384. The summed E-state index contributed by atoms with van der Waals surface area (Å²) in [7, 11) is 0. The van der Waals surface area contributed by atoms with Gasteiger partial charge in [0.15, 0.2) is 69.8 Å². The predicted molar refractivity (Wildman–Crippen MR) is 109 cm³/mol. The van der Waals surface area contributed by atoms with Crippen LogP contribution in [-0.2, 0) is 0 Å². The molecule has 0 spiro atoms. The summed E-state index contributed by atoms with van der Waals surface area (Å²) >= 11 is 0. The van der Waals surface area contributed by atoms with Gasteiger partial charge in [-0.15, -0.1) is 21.9 Å². The van der Waals surface area contributed by atoms with Crippen molar-refractivity contribution in [3.63, 3.8) is 0 Å². The molecule has 0 N–H and O–H groups in total. The van der Waals surface area contributed by atoms with E-state index in [0.717, 1.165) is 0 Å². The van der Waals surface area contributed by atoms with Gasteiger partial charge in [0.05, 0.1) is 0 Å². The van der Waals surface area contributed by atoms with Gasteiger partial charge in [-0.25, -0.2) is 87.8 Å². The molecule has 0 fully saturated rings. The van der Waals surface area contributed by atoms with Gasteiger partial charge in [0.2, 0.25) is 0 Å². The van der Waals surface area contributed by atoms with E-state index in [2.05, 4.69) is 0 Å². The largest absolute Gasteiger partial charge is 1.00 e. The molecule has 0 nitrogen and oxygen atoms in total. The van der Waals surface area contributed by atoms with Crippen molar-refractivity contribution < 1.29 is 143 Å². The average molecular weight is 773 g/mol. The first kappa shape index (κ1) is 43.2. The zero-order valence-electron chi connectivity index (χ0n) is 22.5. The van der Waals surface area contributed by atoms with Crippen molar-refractivity contribution >= 4 is 28.0 Å². The van der Waals surface area contributed by atoms with Crippen LogP contribution in [0, 0.1) is 116 Å². The van der Waals surface area contributed by atoms with E-state index in [1.54, 1.807) is 0 Å². The molecule has 0 aliphatic carbocycles. The van der Waals surface area contributed by atoms with E-state index in [-0.39, 0.29) is 54.7 Å². The second kappa shape index (κ2) is 14.6. The van der Waals surface area contributed by atoms with Crippen LogP contribution in [0.1, 0.15) is 0 Å². The van der Waals surface area contributed by atoms with Gasteiger partial charge < -0.3 is 17.0 Å². The molecule has 0 aliphatic rings. The molecule has 24 heteroatoms. The summed E-state index contributed by atoms with van der Waals surface area (Å²) in [6.45, 7) is 0. The van der Waals surface area contributed by atoms with Crippen LogP contribution in [0.25, 0.3) is 0 Å². The molecule has 0 bridgehead atoms. The molecular weight excluding hydrogens is 773 g/mol. The zero-order valence-corrected chi connectivity index (χ0v) is 24.1. The Bertz CT molecular complexity index is 1590. The average Bonchev–Trinajstić information content (AvgIpc) is 3.00. The van der Waals surface area contributed by atoms with E-state index < -0.39 is 144 Å². The Morgan fingerprint density at radius 1 is 0.188 bits per heavy atom. The third-order valence-corrected chi connectivity index (χ3v) is 6.71. The van der Waals surface area contributed by atoms with Crippen molar-refractivity contribution in [3.8, 4) is 0 Å². The summed E-state index contributed by atoms with van der Waals surface area (Å²) in [6, 6.07) is 0. The molecule has 248 valence electrons. The van der Waals surface area contributed by atoms with Gasteiger partial charge in [0.25, 0.3) is 0 Å². The maximum atomic E-state index is 15.4. The van der Waals surface area contributed by atoms with Crippen molar-refractivity contribution in [3.05, 3.63) is 116 Å². The summed E-state index contributed by atoms with van der Waals surface area (Å²) in [6.07, 6.45) is -7.22. The van der Waals surface area contributed by atoms with Crippen LogP contribution in [0.15, 0.2) is 0 Å². The zero-order chi connectivity index (χ0) is 34.4. The van der Waals surface area contributed by atoms with Gasteiger partial charge in [-0.2, -0.15) is 0 Å². The SMILES string of the molecule is Fc1c(F)c(F)c([B-](c2c(F)c(F)c(F)c(F)c2F)(c2c(F)c(F)c(F)c(F)c2F)c2c(F)c(F)c(F)c(F)c2F)c(F)c1F.[Br-].[Li+].[Li+]. The van der Waals surface area contributed by atoms with E-state index in [0.29, 0.717) is 0 Å². The summed E-state index contributed by atoms with van der Waals surface area (Å²) < 4.78 is 294. The smallest absolute Gasteiger partial charge is 1.00 e. The molecule has 0 atom stereocenters. The quantitative estimate of drug-likeness (QED) is 0.0893. The summed E-state index contributed by atoms with van der Waals surface area (Å²) in [4.78, 5) is 0. The standard InChI is InChI=1S/C24BF20.BrH.2Li/c26-5-1(6(27)14(35)21(42)13(5)34)25(2-7(28)15(36)22(43)16(37)8(2)29,3-9(30)17(38)23(44)18(39)10(3)31)4-11(32)19(40)24(45)20(41)12(4)33;;;/h;1H;;/q-1;;2*+1/p-1. The van der Waals surface area contributed by atoms with Gasteiger partial charge in [-0.1, -0.05) is 0 Å². The van der Waals surface area contributed by atoms with E-state index in [4.69, 9.17) is 0 Å². The number of hydrogen-bond donors (Lipinski definition) is 0. The third kappa shape index (κ3) is 5.61. The fourth-order valence-corrected chi connectivity index (χ4v) is 4.87. The predicted octanol–water partition coefficient (Wildman–Crippen LogP) is -3.14. The molecule has 0 saturated carbocycles. The van der Waals surface area contributed by atoms with Gasteiger partial charge in [-0.3, -0.25) is 0 Å². The molecule has 4 rings (SSSR count). The van der Waals surface area contributed by atoms with Gasteiger partial charge in [-0.05, 0) is 0 Å². The van der Waals surface area contributed by atoms with E-state index in [1.165, 1.54) is 0 Å². The molecular formula is C24BBrF20Li2. The maximum Gasteiger partial charge on any atom is 1.00 e. The van der Waals surface area contributed by atoms with Gasteiger partial charge in [0, 0.05) is 0 Å². The Labute approximate surface area is 286 Å². The Hall–Kier alpha value is -2.78. The van der Waals surface area contributed by atoms with Crippen LogP contribution in [0.4, 0.5) is 87.8 Å². The van der Waals surface area contributed by atoms with Crippen LogP contribution in [0.2, 0.25) is 0 Å². The molecule has 0 aromatic heterocycles. The second-order valence-electron chi connectivity index (χ2n) is 8.80. The van der Waals surface area contributed by atoms with Crippen molar-refractivity contribution in [2.75, 3.05) is 0 Å². The van der Waals surface area contributed by atoms with E-state index >= 15 is 35.1 Å². The Morgan fingerprint density at radius 2 is 0.271 bits per heavy atom. The molecule has 0 saturated heterocycles. The van der Waals surface area contributed by atoms with Crippen LogP contribution in [0.3, 0.4) is 0 Å². The van der Waals surface area contributed by atoms with Crippen LogP contribution in [0.5, 0.6) is 0 Å². The molecule has 4 aromatic carbocycles. The summed E-state index contributed by atoms with van der Waals surface area (Å²) in [5, 5.41) is 0. The number of benzene rings is 4. The molecule has 48 heavy (non-hydrogen) atoms. The minimum atomic E-state index is -7.22. The van der Waals surface area contributed by atoms with Crippen molar-refractivity contribution in [1.82, 2.24) is 0 Å². The fraction of sp³-hybridized carbons (Fsp3) is 0. The maximum absolute atomic E-state index is 15.4. The summed E-state index contributed by atoms with van der Waals surface area (Å²) in [5.41, 5.74) is -14.3. The van der Waals surface area contributed by atoms with Crippen molar-refractivity contribution in [1.29, 1.82) is 0 Å². The topological polar surface area (TPSA) is 0 Å². The van der Waals surface area contributed by atoms with Gasteiger partial charge >= 0.3 is 37.7 Å². The van der Waals surface area contributed by atoms with Gasteiger partial charge in [0.1, 0.15) is 52.7 Å². The number of halogens is 21. The first-order valence-electron chi connectivity index (χ1n) is 10.9. The minimum Gasteiger partial charge on any atom is -1.00 e. The first-order chi connectivity index (χ1) is 20.7. The first-order valence-corrected chi connectivity index (χ1v) is 10.9. The molecule has 0 amide bonds. The van der Waals surface area contributed by atoms with Crippen LogP contribution < -0.4 is 76.6 Å². The molecule has 0 aliphatic heterocycles. The van der Waals surface area contributed by atoms with Crippen LogP contribution in [-0.4, -0.2) is 6.15 Å². The van der Waals surface area contributed by atoms with Crippen LogP contribution >= 0.6 is 0 Å². The fourth-order valence-electron chi connectivity index (χ4n) is 4.87.